The summed E-state index contributed by atoms with van der Waals surface area (Å²) < 4.78 is 4.66. The van der Waals surface area contributed by atoms with Gasteiger partial charge in [0.15, 0.2) is 0 Å². The van der Waals surface area contributed by atoms with Gasteiger partial charge in [0.1, 0.15) is 6.61 Å². The van der Waals surface area contributed by atoms with Gasteiger partial charge >= 0.3 is 6.09 Å². The zero-order valence-electron chi connectivity index (χ0n) is 11.4. The van der Waals surface area contributed by atoms with E-state index in [0.717, 1.165) is 19.3 Å². The molecule has 1 aliphatic heterocycles. The van der Waals surface area contributed by atoms with Gasteiger partial charge in [0.25, 0.3) is 0 Å². The van der Waals surface area contributed by atoms with Crippen molar-refractivity contribution in [1.29, 1.82) is 0 Å². The minimum Gasteiger partial charge on any atom is -0.447 e. The van der Waals surface area contributed by atoms with Crippen molar-refractivity contribution < 1.29 is 14.3 Å². The number of hydrogen-bond acceptors (Lipinski definition) is 3. The number of amides is 2. The lowest BCUT2D eigenvalue weighted by molar-refractivity contribution is -0.127. The highest BCUT2D eigenvalue weighted by Crippen LogP contribution is 2.08. The van der Waals surface area contributed by atoms with Crippen LogP contribution in [0.1, 0.15) is 32.6 Å². The monoisotopic (exact) mass is 263 g/mol. The molecule has 0 bridgehead atoms. The maximum atomic E-state index is 11.4. The van der Waals surface area contributed by atoms with Gasteiger partial charge in [-0.1, -0.05) is 56.2 Å². The topological polar surface area (TPSA) is 46.6 Å². The second-order valence-corrected chi connectivity index (χ2v) is 4.27. The predicted octanol–water partition coefficient (Wildman–Crippen LogP) is 3.23. The van der Waals surface area contributed by atoms with Crippen LogP contribution in [0.25, 0.3) is 0 Å². The lowest BCUT2D eigenvalue weighted by Crippen LogP contribution is -2.31. The number of hydrogen-bond donors (Lipinski definition) is 0. The van der Waals surface area contributed by atoms with E-state index in [-0.39, 0.29) is 5.91 Å². The zero-order valence-corrected chi connectivity index (χ0v) is 11.4. The first-order chi connectivity index (χ1) is 9.25. The van der Waals surface area contributed by atoms with E-state index in [1.165, 1.54) is 4.90 Å². The molecule has 0 saturated carbocycles. The Bertz CT molecular complexity index is 352. The Morgan fingerprint density at radius 3 is 2.16 bits per heavy atom. The lowest BCUT2D eigenvalue weighted by atomic mass is 10.2. The third-order valence-corrected chi connectivity index (χ3v) is 2.72. The highest BCUT2D eigenvalue weighted by atomic mass is 16.6. The molecule has 0 aromatic heterocycles. The van der Waals surface area contributed by atoms with Gasteiger partial charge in [-0.05, 0) is 6.42 Å². The number of unbranched alkanes of at least 4 members (excludes halogenated alkanes) is 2. The van der Waals surface area contributed by atoms with E-state index < -0.39 is 6.09 Å². The normalized spacial score (nSPS) is 13.5. The highest BCUT2D eigenvalue weighted by molar-refractivity contribution is 5.92. The molecule has 1 saturated heterocycles. The number of cyclic esters (lactones) is 1. The number of imide groups is 1. The third kappa shape index (κ3) is 6.04. The summed E-state index contributed by atoms with van der Waals surface area (Å²) >= 11 is 0. The van der Waals surface area contributed by atoms with E-state index in [1.807, 2.05) is 36.4 Å². The Morgan fingerprint density at radius 2 is 1.74 bits per heavy atom. The molecule has 1 aliphatic rings. The average Bonchev–Trinajstić information content (AvgIpc) is 2.88. The zero-order chi connectivity index (χ0) is 13.9. The van der Waals surface area contributed by atoms with Crippen molar-refractivity contribution in [3.63, 3.8) is 0 Å². The van der Waals surface area contributed by atoms with Gasteiger partial charge in [-0.3, -0.25) is 4.79 Å². The summed E-state index contributed by atoms with van der Waals surface area (Å²) in [5.41, 5.74) is 0. The number of nitrogens with zero attached hydrogens (tertiary/aromatic N) is 1. The van der Waals surface area contributed by atoms with Crippen molar-refractivity contribution in [2.45, 2.75) is 32.6 Å². The van der Waals surface area contributed by atoms with Crippen LogP contribution in [0.4, 0.5) is 4.79 Å². The fourth-order valence-electron chi connectivity index (χ4n) is 1.67. The molecule has 0 atom stereocenters. The molecule has 2 amide bonds. The van der Waals surface area contributed by atoms with Crippen LogP contribution in [0.5, 0.6) is 0 Å². The van der Waals surface area contributed by atoms with Crippen molar-refractivity contribution in [3.05, 3.63) is 36.4 Å². The van der Waals surface area contributed by atoms with Crippen LogP contribution in [0.2, 0.25) is 0 Å². The molecule has 4 nitrogen and oxygen atoms in total. The first-order valence-electron chi connectivity index (χ1n) is 6.73. The SMILES string of the molecule is CCCCCC(=O)N1CCOC1=O.c1ccccc1. The maximum Gasteiger partial charge on any atom is 0.416 e. The van der Waals surface area contributed by atoms with Crippen LogP contribution in [-0.4, -0.2) is 30.1 Å². The van der Waals surface area contributed by atoms with Gasteiger partial charge in [-0.15, -0.1) is 0 Å². The molecule has 0 N–H and O–H groups in total. The molecular weight excluding hydrogens is 242 g/mol. The Balaban J connectivity index is 0.000000250. The summed E-state index contributed by atoms with van der Waals surface area (Å²) in [5, 5.41) is 0. The van der Waals surface area contributed by atoms with E-state index in [4.69, 9.17) is 0 Å². The van der Waals surface area contributed by atoms with Crippen molar-refractivity contribution in [3.8, 4) is 0 Å². The van der Waals surface area contributed by atoms with E-state index in [0.29, 0.717) is 19.6 Å². The average molecular weight is 263 g/mol. The second kappa shape index (κ2) is 9.14. The molecule has 4 heteroatoms. The van der Waals surface area contributed by atoms with Crippen LogP contribution in [-0.2, 0) is 9.53 Å². The van der Waals surface area contributed by atoms with Crippen molar-refractivity contribution in [2.24, 2.45) is 0 Å². The Morgan fingerprint density at radius 1 is 1.16 bits per heavy atom. The molecule has 2 rings (SSSR count). The summed E-state index contributed by atoms with van der Waals surface area (Å²) in [6, 6.07) is 12.0. The minimum absolute atomic E-state index is 0.101. The molecule has 0 spiro atoms. The van der Waals surface area contributed by atoms with Gasteiger partial charge in [-0.2, -0.15) is 0 Å². The smallest absolute Gasteiger partial charge is 0.416 e. The van der Waals surface area contributed by atoms with Crippen LogP contribution >= 0.6 is 0 Å². The molecule has 0 radical (unpaired) electrons. The fraction of sp³-hybridized carbons (Fsp3) is 0.467. The van der Waals surface area contributed by atoms with E-state index in [9.17, 15) is 9.59 Å². The minimum atomic E-state index is -0.485. The van der Waals surface area contributed by atoms with Gasteiger partial charge in [0.2, 0.25) is 5.91 Å². The highest BCUT2D eigenvalue weighted by Gasteiger charge is 2.27. The Hall–Kier alpha value is -1.84. The van der Waals surface area contributed by atoms with Crippen LogP contribution in [0.3, 0.4) is 0 Å². The van der Waals surface area contributed by atoms with Crippen LogP contribution < -0.4 is 0 Å². The van der Waals surface area contributed by atoms with E-state index >= 15 is 0 Å². The summed E-state index contributed by atoms with van der Waals surface area (Å²) in [7, 11) is 0. The van der Waals surface area contributed by atoms with Crippen molar-refractivity contribution in [2.75, 3.05) is 13.2 Å². The summed E-state index contributed by atoms with van der Waals surface area (Å²) in [4.78, 5) is 23.5. The van der Waals surface area contributed by atoms with Gasteiger partial charge in [0, 0.05) is 6.42 Å². The Labute approximate surface area is 114 Å². The van der Waals surface area contributed by atoms with Crippen molar-refractivity contribution in [1.82, 2.24) is 4.90 Å². The first-order valence-corrected chi connectivity index (χ1v) is 6.73. The molecule has 104 valence electrons. The molecular formula is C15H21NO3. The summed E-state index contributed by atoms with van der Waals surface area (Å²) in [6.45, 7) is 2.84. The molecule has 1 fully saturated rings. The lowest BCUT2D eigenvalue weighted by Gasteiger charge is -2.09. The molecule has 19 heavy (non-hydrogen) atoms. The van der Waals surface area contributed by atoms with Crippen LogP contribution in [0.15, 0.2) is 36.4 Å². The fourth-order valence-corrected chi connectivity index (χ4v) is 1.67. The van der Waals surface area contributed by atoms with Gasteiger partial charge in [0.05, 0.1) is 6.54 Å². The number of carbonyl (C=O) groups is 2. The number of benzene rings is 1. The molecule has 1 aromatic carbocycles. The van der Waals surface area contributed by atoms with Gasteiger partial charge in [-0.25, -0.2) is 9.69 Å². The summed E-state index contributed by atoms with van der Waals surface area (Å²) in [5.74, 6) is -0.101. The maximum absolute atomic E-state index is 11.4. The third-order valence-electron chi connectivity index (χ3n) is 2.72. The molecule has 0 unspecified atom stereocenters. The van der Waals surface area contributed by atoms with Crippen LogP contribution in [0, 0.1) is 0 Å². The predicted molar refractivity (Wildman–Crippen MR) is 73.6 cm³/mol. The number of carbonyl (C=O) groups excluding carboxylic acids is 2. The van der Waals surface area contributed by atoms with E-state index in [1.54, 1.807) is 0 Å². The van der Waals surface area contributed by atoms with Crippen molar-refractivity contribution >= 4 is 12.0 Å². The standard InChI is InChI=1S/C9H15NO3.C6H6/c1-2-3-4-5-8(11)10-6-7-13-9(10)12;1-2-4-6-5-3-1/h2-7H2,1H3;1-6H. The summed E-state index contributed by atoms with van der Waals surface area (Å²) in [6.07, 6.45) is 2.95. The molecule has 1 heterocycles. The van der Waals surface area contributed by atoms with Gasteiger partial charge < -0.3 is 4.74 Å². The largest absolute Gasteiger partial charge is 0.447 e. The molecule has 1 aromatic rings. The first kappa shape index (κ1) is 15.2. The second-order valence-electron chi connectivity index (χ2n) is 4.27. The quantitative estimate of drug-likeness (QED) is 0.783. The Kier molecular flexibility index (Phi) is 7.32. The number of rotatable bonds is 4. The number of ether oxygens (including phenoxy) is 1. The van der Waals surface area contributed by atoms with E-state index in [2.05, 4.69) is 11.7 Å². The molecule has 0 aliphatic carbocycles.